The number of rotatable bonds is 7. The van der Waals surface area contributed by atoms with Crippen molar-refractivity contribution in [1.82, 2.24) is 10.2 Å². The number of likely N-dealkylation sites (tertiary alicyclic amines) is 1. The molecule has 2 aromatic carbocycles. The molecule has 0 bridgehead atoms. The first-order chi connectivity index (χ1) is 13.4. The first-order valence-corrected chi connectivity index (χ1v) is 9.43. The molecule has 0 aromatic heterocycles. The number of carbonyl (C=O) groups excluding carboxylic acids is 2. The summed E-state index contributed by atoms with van der Waals surface area (Å²) in [5.74, 6) is -0.854. The van der Waals surface area contributed by atoms with Crippen LogP contribution in [0.3, 0.4) is 0 Å². The third-order valence-corrected chi connectivity index (χ3v) is 4.79. The van der Waals surface area contributed by atoms with Crippen LogP contribution in [0.4, 0.5) is 4.39 Å². The molecular formula is C22H25FN2O3. The predicted molar refractivity (Wildman–Crippen MR) is 104 cm³/mol. The van der Waals surface area contributed by atoms with Gasteiger partial charge in [0.25, 0.3) is 0 Å². The molecule has 2 aromatic rings. The Morgan fingerprint density at radius 2 is 1.96 bits per heavy atom. The van der Waals surface area contributed by atoms with E-state index in [1.807, 2.05) is 31.2 Å². The van der Waals surface area contributed by atoms with Gasteiger partial charge in [0.15, 0.2) is 11.6 Å². The summed E-state index contributed by atoms with van der Waals surface area (Å²) >= 11 is 0. The summed E-state index contributed by atoms with van der Waals surface area (Å²) in [6.45, 7) is 4.87. The van der Waals surface area contributed by atoms with E-state index in [0.29, 0.717) is 13.1 Å². The van der Waals surface area contributed by atoms with Gasteiger partial charge in [0.1, 0.15) is 6.61 Å². The van der Waals surface area contributed by atoms with Crippen molar-refractivity contribution in [2.75, 3.05) is 13.2 Å². The van der Waals surface area contributed by atoms with E-state index in [2.05, 4.69) is 5.32 Å². The highest BCUT2D eigenvalue weighted by molar-refractivity contribution is 5.89. The molecule has 148 valence electrons. The van der Waals surface area contributed by atoms with Crippen LogP contribution in [0, 0.1) is 18.7 Å². The Kier molecular flexibility index (Phi) is 6.29. The van der Waals surface area contributed by atoms with Gasteiger partial charge >= 0.3 is 0 Å². The first kappa shape index (κ1) is 19.9. The van der Waals surface area contributed by atoms with E-state index < -0.39 is 5.82 Å². The van der Waals surface area contributed by atoms with Gasteiger partial charge in [-0.1, -0.05) is 42.0 Å². The van der Waals surface area contributed by atoms with E-state index >= 15 is 0 Å². The highest BCUT2D eigenvalue weighted by atomic mass is 19.1. The van der Waals surface area contributed by atoms with Crippen LogP contribution in [0.25, 0.3) is 0 Å². The van der Waals surface area contributed by atoms with E-state index in [4.69, 9.17) is 4.74 Å². The molecule has 2 unspecified atom stereocenters. The second kappa shape index (κ2) is 8.87. The Labute approximate surface area is 164 Å². The largest absolute Gasteiger partial charge is 0.488 e. The van der Waals surface area contributed by atoms with Crippen LogP contribution in [0.15, 0.2) is 48.5 Å². The van der Waals surface area contributed by atoms with E-state index in [0.717, 1.165) is 5.56 Å². The van der Waals surface area contributed by atoms with E-state index in [1.54, 1.807) is 30.0 Å². The van der Waals surface area contributed by atoms with Crippen molar-refractivity contribution < 1.29 is 18.7 Å². The van der Waals surface area contributed by atoms with Gasteiger partial charge in [-0.2, -0.15) is 0 Å². The van der Waals surface area contributed by atoms with E-state index in [-0.39, 0.29) is 42.6 Å². The topological polar surface area (TPSA) is 58.6 Å². The van der Waals surface area contributed by atoms with E-state index in [1.165, 1.54) is 11.6 Å². The molecule has 3 rings (SSSR count). The maximum Gasteiger partial charge on any atom is 0.225 e. The van der Waals surface area contributed by atoms with E-state index in [9.17, 15) is 14.0 Å². The quantitative estimate of drug-likeness (QED) is 0.798. The zero-order chi connectivity index (χ0) is 20.1. The minimum Gasteiger partial charge on any atom is -0.488 e. The SMILES string of the molecule is Cc1ccc(CN2CC(C(=O)NC(C)COc3ccccc3F)CC2=O)cc1. The third-order valence-electron chi connectivity index (χ3n) is 4.79. The number of nitrogens with one attached hydrogen (secondary N) is 1. The van der Waals surface area contributed by atoms with Crippen LogP contribution in [-0.2, 0) is 16.1 Å². The summed E-state index contributed by atoms with van der Waals surface area (Å²) in [5, 5.41) is 2.86. The first-order valence-electron chi connectivity index (χ1n) is 9.43. The zero-order valence-electron chi connectivity index (χ0n) is 16.2. The van der Waals surface area contributed by atoms with Crippen molar-refractivity contribution in [1.29, 1.82) is 0 Å². The van der Waals surface area contributed by atoms with Crippen LogP contribution in [0.1, 0.15) is 24.5 Å². The Balaban J connectivity index is 1.48. The van der Waals surface area contributed by atoms with Crippen molar-refractivity contribution in [3.8, 4) is 5.75 Å². The second-order valence-corrected chi connectivity index (χ2v) is 7.31. The van der Waals surface area contributed by atoms with Gasteiger partial charge in [0.05, 0.1) is 12.0 Å². The number of hydrogen-bond donors (Lipinski definition) is 1. The van der Waals surface area contributed by atoms with Crippen LogP contribution in [0.5, 0.6) is 5.75 Å². The summed E-state index contributed by atoms with van der Waals surface area (Å²) < 4.78 is 19.0. The van der Waals surface area contributed by atoms with Gasteiger partial charge in [0.2, 0.25) is 11.8 Å². The molecule has 28 heavy (non-hydrogen) atoms. The molecule has 6 heteroatoms. The molecule has 5 nitrogen and oxygen atoms in total. The minimum atomic E-state index is -0.436. The second-order valence-electron chi connectivity index (χ2n) is 7.31. The predicted octanol–water partition coefficient (Wildman–Crippen LogP) is 3.07. The fourth-order valence-electron chi connectivity index (χ4n) is 3.19. The van der Waals surface area contributed by atoms with Gasteiger partial charge in [-0.15, -0.1) is 0 Å². The maximum absolute atomic E-state index is 13.6. The van der Waals surface area contributed by atoms with Crippen LogP contribution >= 0.6 is 0 Å². The standard InChI is InChI=1S/C22H25FN2O3/c1-15-7-9-17(10-8-15)12-25-13-18(11-21(25)26)22(27)24-16(2)14-28-20-6-4-3-5-19(20)23/h3-10,16,18H,11-14H2,1-2H3,(H,24,27). The van der Waals surface area contributed by atoms with Crippen molar-refractivity contribution >= 4 is 11.8 Å². The summed E-state index contributed by atoms with van der Waals surface area (Å²) in [6, 6.07) is 13.9. The summed E-state index contributed by atoms with van der Waals surface area (Å²) in [5.41, 5.74) is 2.21. The van der Waals surface area contributed by atoms with Crippen LogP contribution in [-0.4, -0.2) is 35.9 Å². The van der Waals surface area contributed by atoms with Crippen molar-refractivity contribution in [2.24, 2.45) is 5.92 Å². The number of nitrogens with zero attached hydrogens (tertiary/aromatic N) is 1. The summed E-state index contributed by atoms with van der Waals surface area (Å²) in [6.07, 6.45) is 0.207. The molecule has 1 aliphatic rings. The van der Waals surface area contributed by atoms with Gasteiger partial charge in [-0.25, -0.2) is 4.39 Å². The Hall–Kier alpha value is -2.89. The Bertz CT molecular complexity index is 838. The lowest BCUT2D eigenvalue weighted by Crippen LogP contribution is -2.41. The van der Waals surface area contributed by atoms with Crippen molar-refractivity contribution in [2.45, 2.75) is 32.9 Å². The highest BCUT2D eigenvalue weighted by Gasteiger charge is 2.34. The lowest BCUT2D eigenvalue weighted by molar-refractivity contribution is -0.129. The molecule has 2 atom stereocenters. The van der Waals surface area contributed by atoms with Gasteiger partial charge < -0.3 is 15.0 Å². The average molecular weight is 384 g/mol. The monoisotopic (exact) mass is 384 g/mol. The number of ether oxygens (including phenoxy) is 1. The van der Waals surface area contributed by atoms with Crippen molar-refractivity contribution in [3.63, 3.8) is 0 Å². The number of benzene rings is 2. The molecule has 0 radical (unpaired) electrons. The maximum atomic E-state index is 13.6. The number of halogens is 1. The molecule has 0 aliphatic carbocycles. The van der Waals surface area contributed by atoms with Crippen molar-refractivity contribution in [3.05, 3.63) is 65.5 Å². The molecule has 1 aliphatic heterocycles. The summed E-state index contributed by atoms with van der Waals surface area (Å²) in [4.78, 5) is 26.5. The fraction of sp³-hybridized carbons (Fsp3) is 0.364. The molecule has 1 saturated heterocycles. The molecule has 1 heterocycles. The molecular weight excluding hydrogens is 359 g/mol. The third kappa shape index (κ3) is 5.09. The number of carbonyl (C=O) groups is 2. The fourth-order valence-corrected chi connectivity index (χ4v) is 3.19. The summed E-state index contributed by atoms with van der Waals surface area (Å²) in [7, 11) is 0. The molecule has 1 N–H and O–H groups in total. The Morgan fingerprint density at radius 1 is 1.25 bits per heavy atom. The minimum absolute atomic E-state index is 0.0176. The smallest absolute Gasteiger partial charge is 0.225 e. The highest BCUT2D eigenvalue weighted by Crippen LogP contribution is 2.21. The number of hydrogen-bond acceptors (Lipinski definition) is 3. The number of amides is 2. The molecule has 1 fully saturated rings. The lowest BCUT2D eigenvalue weighted by atomic mass is 10.1. The normalized spacial score (nSPS) is 17.5. The molecule has 2 amide bonds. The zero-order valence-corrected chi connectivity index (χ0v) is 16.2. The van der Waals surface area contributed by atoms with Crippen LogP contribution < -0.4 is 10.1 Å². The van der Waals surface area contributed by atoms with Gasteiger partial charge in [-0.3, -0.25) is 9.59 Å². The lowest BCUT2D eigenvalue weighted by Gasteiger charge is -2.19. The average Bonchev–Trinajstić information content (AvgIpc) is 3.03. The van der Waals surface area contributed by atoms with Gasteiger partial charge in [0, 0.05) is 19.5 Å². The number of aryl methyl sites for hydroxylation is 1. The van der Waals surface area contributed by atoms with Crippen LogP contribution in [0.2, 0.25) is 0 Å². The molecule has 0 spiro atoms. The van der Waals surface area contributed by atoms with Gasteiger partial charge in [-0.05, 0) is 31.5 Å². The number of para-hydroxylation sites is 1. The Morgan fingerprint density at radius 3 is 2.68 bits per heavy atom. The molecule has 0 saturated carbocycles.